The zero-order valence-electron chi connectivity index (χ0n) is 11.9. The molecule has 114 valence electrons. The number of amides is 1. The molecule has 3 fully saturated rings. The number of hydrogen-bond donors (Lipinski definition) is 2. The summed E-state index contributed by atoms with van der Waals surface area (Å²) in [6, 6.07) is 0. The van der Waals surface area contributed by atoms with Crippen LogP contribution in [0.2, 0.25) is 0 Å². The highest BCUT2D eigenvalue weighted by atomic mass is 16.7. The molecule has 1 amide bonds. The average molecular weight is 284 g/mol. The molecular formula is C14H24N2O4. The minimum Gasteiger partial charge on any atom is -0.377 e. The Balaban J connectivity index is 1.59. The van der Waals surface area contributed by atoms with Gasteiger partial charge in [0.25, 0.3) is 0 Å². The molecule has 3 N–H and O–H groups in total. The first-order valence-corrected chi connectivity index (χ1v) is 7.59. The van der Waals surface area contributed by atoms with Crippen LogP contribution in [0.15, 0.2) is 0 Å². The van der Waals surface area contributed by atoms with E-state index in [1.54, 1.807) is 0 Å². The first-order chi connectivity index (χ1) is 9.64. The number of carbonyl (C=O) groups excluding carboxylic acids is 1. The lowest BCUT2D eigenvalue weighted by molar-refractivity contribution is -0.187. The van der Waals surface area contributed by atoms with Crippen molar-refractivity contribution in [3.05, 3.63) is 0 Å². The molecule has 6 heteroatoms. The number of carbonyl (C=O) groups is 1. The Morgan fingerprint density at radius 2 is 1.85 bits per heavy atom. The number of rotatable bonds is 4. The van der Waals surface area contributed by atoms with E-state index in [-0.39, 0.29) is 12.0 Å². The molecule has 1 unspecified atom stereocenters. The third-order valence-corrected chi connectivity index (χ3v) is 4.84. The van der Waals surface area contributed by atoms with Gasteiger partial charge in [0.1, 0.15) is 0 Å². The Morgan fingerprint density at radius 3 is 2.40 bits per heavy atom. The van der Waals surface area contributed by atoms with Crippen LogP contribution in [0.25, 0.3) is 0 Å². The largest absolute Gasteiger partial charge is 0.377 e. The highest BCUT2D eigenvalue weighted by Gasteiger charge is 2.49. The first kappa shape index (κ1) is 14.3. The second-order valence-electron chi connectivity index (χ2n) is 6.07. The SMILES string of the molecule is NC(=O)C1(NCC2CCCO2)CCC2(CC1)OCCO2. The van der Waals surface area contributed by atoms with E-state index in [9.17, 15) is 4.79 Å². The van der Waals surface area contributed by atoms with Crippen LogP contribution in [0.5, 0.6) is 0 Å². The first-order valence-electron chi connectivity index (χ1n) is 7.59. The van der Waals surface area contributed by atoms with Gasteiger partial charge in [0.2, 0.25) is 5.91 Å². The van der Waals surface area contributed by atoms with Gasteiger partial charge in [-0.05, 0) is 25.7 Å². The Labute approximate surface area is 119 Å². The summed E-state index contributed by atoms with van der Waals surface area (Å²) in [5, 5.41) is 3.37. The van der Waals surface area contributed by atoms with E-state index in [4.69, 9.17) is 19.9 Å². The van der Waals surface area contributed by atoms with Crippen molar-refractivity contribution in [2.75, 3.05) is 26.4 Å². The Kier molecular flexibility index (Phi) is 3.99. The molecule has 1 atom stereocenters. The molecule has 2 heterocycles. The summed E-state index contributed by atoms with van der Waals surface area (Å²) in [5.74, 6) is -0.742. The van der Waals surface area contributed by atoms with Crippen LogP contribution >= 0.6 is 0 Å². The number of hydrogen-bond acceptors (Lipinski definition) is 5. The van der Waals surface area contributed by atoms with Gasteiger partial charge in [-0.3, -0.25) is 4.79 Å². The van der Waals surface area contributed by atoms with E-state index in [1.165, 1.54) is 0 Å². The zero-order valence-corrected chi connectivity index (χ0v) is 11.9. The molecule has 1 spiro atoms. The number of primary amides is 1. The third-order valence-electron chi connectivity index (χ3n) is 4.84. The maximum Gasteiger partial charge on any atom is 0.237 e. The van der Waals surface area contributed by atoms with Gasteiger partial charge >= 0.3 is 0 Å². The van der Waals surface area contributed by atoms with Gasteiger partial charge in [-0.15, -0.1) is 0 Å². The number of nitrogens with two attached hydrogens (primary N) is 1. The van der Waals surface area contributed by atoms with E-state index in [2.05, 4.69) is 5.32 Å². The molecule has 3 rings (SSSR count). The molecule has 0 aromatic heterocycles. The van der Waals surface area contributed by atoms with Crippen LogP contribution in [0, 0.1) is 0 Å². The fraction of sp³-hybridized carbons (Fsp3) is 0.929. The maximum absolute atomic E-state index is 11.9. The lowest BCUT2D eigenvalue weighted by atomic mass is 9.78. The van der Waals surface area contributed by atoms with Gasteiger partial charge in [-0.1, -0.05) is 0 Å². The van der Waals surface area contributed by atoms with Crippen molar-refractivity contribution in [1.29, 1.82) is 0 Å². The third kappa shape index (κ3) is 2.70. The van der Waals surface area contributed by atoms with Crippen LogP contribution in [0.4, 0.5) is 0 Å². The van der Waals surface area contributed by atoms with Gasteiger partial charge in [0.15, 0.2) is 5.79 Å². The molecule has 2 saturated heterocycles. The van der Waals surface area contributed by atoms with Crippen molar-refractivity contribution in [3.63, 3.8) is 0 Å². The molecule has 6 nitrogen and oxygen atoms in total. The summed E-state index contributed by atoms with van der Waals surface area (Å²) in [6.07, 6.45) is 5.12. The lowest BCUT2D eigenvalue weighted by Gasteiger charge is -2.42. The van der Waals surface area contributed by atoms with Crippen molar-refractivity contribution in [2.24, 2.45) is 5.73 Å². The zero-order chi connectivity index (χ0) is 14.1. The standard InChI is InChI=1S/C14H24N2O4/c15-12(17)13(16-10-11-2-1-7-18-11)3-5-14(6-4-13)19-8-9-20-14/h11,16H,1-10H2,(H2,15,17). The molecule has 0 aromatic carbocycles. The van der Waals surface area contributed by atoms with Crippen LogP contribution < -0.4 is 11.1 Å². The number of ether oxygens (including phenoxy) is 3. The monoisotopic (exact) mass is 284 g/mol. The predicted molar refractivity (Wildman–Crippen MR) is 72.0 cm³/mol. The fourth-order valence-electron chi connectivity index (χ4n) is 3.47. The molecule has 1 saturated carbocycles. The highest BCUT2D eigenvalue weighted by molar-refractivity contribution is 5.84. The highest BCUT2D eigenvalue weighted by Crippen LogP contribution is 2.40. The van der Waals surface area contributed by atoms with Gasteiger partial charge in [0.05, 0.1) is 24.9 Å². The fourth-order valence-corrected chi connectivity index (χ4v) is 3.47. The van der Waals surface area contributed by atoms with E-state index in [1.807, 2.05) is 0 Å². The molecule has 3 aliphatic rings. The summed E-state index contributed by atoms with van der Waals surface area (Å²) < 4.78 is 17.0. The van der Waals surface area contributed by atoms with Crippen molar-refractivity contribution in [1.82, 2.24) is 5.32 Å². The molecule has 1 aliphatic carbocycles. The van der Waals surface area contributed by atoms with Crippen LogP contribution in [-0.2, 0) is 19.0 Å². The summed E-state index contributed by atoms with van der Waals surface area (Å²) in [5.41, 5.74) is 5.02. The number of nitrogens with one attached hydrogen (secondary N) is 1. The van der Waals surface area contributed by atoms with E-state index >= 15 is 0 Å². The molecule has 2 aliphatic heterocycles. The smallest absolute Gasteiger partial charge is 0.237 e. The Hall–Kier alpha value is -0.690. The molecule has 0 bridgehead atoms. The van der Waals surface area contributed by atoms with Crippen LogP contribution in [-0.4, -0.2) is 49.7 Å². The molecule has 20 heavy (non-hydrogen) atoms. The van der Waals surface area contributed by atoms with Crippen LogP contribution in [0.1, 0.15) is 38.5 Å². The van der Waals surface area contributed by atoms with E-state index < -0.39 is 11.3 Å². The topological polar surface area (TPSA) is 82.8 Å². The Morgan fingerprint density at radius 1 is 1.15 bits per heavy atom. The maximum atomic E-state index is 11.9. The van der Waals surface area contributed by atoms with E-state index in [0.717, 1.165) is 19.4 Å². The lowest BCUT2D eigenvalue weighted by Crippen LogP contribution is -2.60. The quantitative estimate of drug-likeness (QED) is 0.775. The summed E-state index contributed by atoms with van der Waals surface area (Å²) in [4.78, 5) is 11.9. The van der Waals surface area contributed by atoms with Gasteiger partial charge in [0, 0.05) is 26.0 Å². The Bertz CT molecular complexity index is 347. The minimum absolute atomic E-state index is 0.209. The van der Waals surface area contributed by atoms with Crippen molar-refractivity contribution in [2.45, 2.75) is 56.0 Å². The van der Waals surface area contributed by atoms with Gasteiger partial charge < -0.3 is 25.3 Å². The predicted octanol–water partition coefficient (Wildman–Crippen LogP) is 0.296. The van der Waals surface area contributed by atoms with Gasteiger partial charge in [-0.2, -0.15) is 0 Å². The molecule has 0 radical (unpaired) electrons. The minimum atomic E-state index is -0.632. The second-order valence-corrected chi connectivity index (χ2v) is 6.07. The van der Waals surface area contributed by atoms with E-state index in [0.29, 0.717) is 45.4 Å². The van der Waals surface area contributed by atoms with Gasteiger partial charge in [-0.25, -0.2) is 0 Å². The average Bonchev–Trinajstić information content (AvgIpc) is 3.10. The summed E-state index contributed by atoms with van der Waals surface area (Å²) >= 11 is 0. The van der Waals surface area contributed by atoms with Crippen LogP contribution in [0.3, 0.4) is 0 Å². The van der Waals surface area contributed by atoms with Crippen molar-refractivity contribution >= 4 is 5.91 Å². The summed E-state index contributed by atoms with van der Waals surface area (Å²) in [7, 11) is 0. The second kappa shape index (κ2) is 5.60. The molecular weight excluding hydrogens is 260 g/mol. The van der Waals surface area contributed by atoms with Crippen molar-refractivity contribution < 1.29 is 19.0 Å². The molecule has 0 aromatic rings. The van der Waals surface area contributed by atoms with Crippen molar-refractivity contribution in [3.8, 4) is 0 Å². The normalized spacial score (nSPS) is 31.7. The summed E-state index contributed by atoms with van der Waals surface area (Å²) in [6.45, 7) is 2.80.